The van der Waals surface area contributed by atoms with Gasteiger partial charge in [-0.15, -0.1) is 11.3 Å². The smallest absolute Gasteiger partial charge is 0.324 e. The van der Waals surface area contributed by atoms with Crippen molar-refractivity contribution in [3.05, 3.63) is 53.1 Å². The number of benzene rings is 2. The summed E-state index contributed by atoms with van der Waals surface area (Å²) in [5.74, 6) is -0.433. The second-order valence-electron chi connectivity index (χ2n) is 4.98. The molecule has 1 N–H and O–H groups in total. The molecule has 25 heavy (non-hydrogen) atoms. The number of nitrogens with zero attached hydrogens (tertiary/aromatic N) is 1. The molecule has 3 rings (SSSR count). The Hall–Kier alpha value is -1.77. The van der Waals surface area contributed by atoms with E-state index >= 15 is 0 Å². The van der Waals surface area contributed by atoms with Crippen LogP contribution in [0.3, 0.4) is 0 Å². The molecular weight excluding hydrogens is 393 g/mol. The van der Waals surface area contributed by atoms with Crippen LogP contribution >= 0.6 is 34.7 Å². The molecule has 1 amide bonds. The number of aromatic nitrogens is 1. The van der Waals surface area contributed by atoms with Crippen molar-refractivity contribution in [1.29, 1.82) is 0 Å². The van der Waals surface area contributed by atoms with Gasteiger partial charge in [0, 0.05) is 0 Å². The number of para-hydroxylation sites is 1. The maximum Gasteiger partial charge on any atom is 0.416 e. The summed E-state index contributed by atoms with van der Waals surface area (Å²) in [5, 5.41) is 2.46. The molecule has 0 aliphatic rings. The van der Waals surface area contributed by atoms with Crippen LogP contribution in [0.1, 0.15) is 5.56 Å². The Morgan fingerprint density at radius 2 is 2.00 bits per heavy atom. The van der Waals surface area contributed by atoms with Crippen molar-refractivity contribution >= 4 is 56.5 Å². The Bertz CT molecular complexity index is 894. The highest BCUT2D eigenvalue weighted by Gasteiger charge is 2.31. The van der Waals surface area contributed by atoms with Crippen LogP contribution < -0.4 is 5.32 Å². The highest BCUT2D eigenvalue weighted by Crippen LogP contribution is 2.34. The lowest BCUT2D eigenvalue weighted by Gasteiger charge is -2.11. The normalized spacial score (nSPS) is 11.7. The number of rotatable bonds is 4. The second kappa shape index (κ2) is 7.23. The molecular formula is C16H10ClF3N2OS2. The lowest BCUT2D eigenvalue weighted by atomic mass is 10.2. The van der Waals surface area contributed by atoms with E-state index in [2.05, 4.69) is 10.3 Å². The van der Waals surface area contributed by atoms with Gasteiger partial charge in [0.15, 0.2) is 4.34 Å². The van der Waals surface area contributed by atoms with Gasteiger partial charge in [-0.3, -0.25) is 4.79 Å². The van der Waals surface area contributed by atoms with E-state index in [-0.39, 0.29) is 16.5 Å². The van der Waals surface area contributed by atoms with Gasteiger partial charge in [-0.25, -0.2) is 4.98 Å². The first-order chi connectivity index (χ1) is 11.8. The number of anilines is 1. The first kappa shape index (κ1) is 18.0. The molecule has 0 aliphatic heterocycles. The predicted molar refractivity (Wildman–Crippen MR) is 95.4 cm³/mol. The topological polar surface area (TPSA) is 42.0 Å². The summed E-state index contributed by atoms with van der Waals surface area (Å²) in [6, 6.07) is 10.4. The van der Waals surface area contributed by atoms with Crippen molar-refractivity contribution < 1.29 is 18.0 Å². The monoisotopic (exact) mass is 402 g/mol. The number of nitrogens with one attached hydrogen (secondary N) is 1. The molecule has 0 radical (unpaired) electrons. The van der Waals surface area contributed by atoms with Crippen LogP contribution in [-0.4, -0.2) is 16.6 Å². The van der Waals surface area contributed by atoms with Crippen LogP contribution in [-0.2, 0) is 11.0 Å². The van der Waals surface area contributed by atoms with E-state index in [1.54, 1.807) is 0 Å². The number of carbonyl (C=O) groups is 1. The molecule has 0 unspecified atom stereocenters. The van der Waals surface area contributed by atoms with Gasteiger partial charge < -0.3 is 5.32 Å². The molecule has 0 fully saturated rings. The molecule has 0 saturated heterocycles. The number of hydrogen-bond acceptors (Lipinski definition) is 4. The van der Waals surface area contributed by atoms with Crippen LogP contribution in [0, 0.1) is 0 Å². The number of fused-ring (bicyclic) bond motifs is 1. The summed E-state index contributed by atoms with van der Waals surface area (Å²) in [4.78, 5) is 16.4. The molecule has 1 heterocycles. The number of alkyl halides is 3. The minimum absolute atomic E-state index is 0.0202. The van der Waals surface area contributed by atoms with Gasteiger partial charge in [0.05, 0.1) is 32.2 Å². The summed E-state index contributed by atoms with van der Waals surface area (Å²) in [5.41, 5.74) is -0.0891. The Morgan fingerprint density at radius 3 is 2.72 bits per heavy atom. The van der Waals surface area contributed by atoms with Crippen molar-refractivity contribution in [2.24, 2.45) is 0 Å². The molecule has 0 atom stereocenters. The van der Waals surface area contributed by atoms with E-state index < -0.39 is 17.6 Å². The van der Waals surface area contributed by atoms with E-state index in [1.165, 1.54) is 23.1 Å². The van der Waals surface area contributed by atoms with Gasteiger partial charge in [-0.1, -0.05) is 35.5 Å². The predicted octanol–water partition coefficient (Wildman–Crippen LogP) is 5.70. The van der Waals surface area contributed by atoms with Crippen molar-refractivity contribution in [1.82, 2.24) is 4.98 Å². The fraction of sp³-hybridized carbons (Fsp3) is 0.125. The molecule has 0 saturated carbocycles. The van der Waals surface area contributed by atoms with Crippen molar-refractivity contribution in [3.8, 4) is 0 Å². The number of thiazole rings is 1. The average Bonchev–Trinajstić information content (AvgIpc) is 2.97. The van der Waals surface area contributed by atoms with Gasteiger partial charge in [0.2, 0.25) is 5.91 Å². The summed E-state index contributed by atoms with van der Waals surface area (Å²) in [7, 11) is 0. The first-order valence-electron chi connectivity index (χ1n) is 6.98. The van der Waals surface area contributed by atoms with Gasteiger partial charge in [-0.05, 0) is 30.3 Å². The quantitative estimate of drug-likeness (QED) is 0.569. The molecule has 2 aromatic carbocycles. The van der Waals surface area contributed by atoms with Crippen LogP contribution in [0.15, 0.2) is 46.8 Å². The van der Waals surface area contributed by atoms with Gasteiger partial charge in [0.1, 0.15) is 0 Å². The summed E-state index contributed by atoms with van der Waals surface area (Å²) < 4.78 is 39.9. The Balaban J connectivity index is 1.66. The van der Waals surface area contributed by atoms with E-state index in [9.17, 15) is 18.0 Å². The first-order valence-corrected chi connectivity index (χ1v) is 9.16. The van der Waals surface area contributed by atoms with Gasteiger partial charge >= 0.3 is 6.18 Å². The third-order valence-electron chi connectivity index (χ3n) is 3.17. The van der Waals surface area contributed by atoms with Crippen molar-refractivity contribution in [3.63, 3.8) is 0 Å². The molecule has 3 aromatic rings. The Morgan fingerprint density at radius 1 is 1.24 bits per heavy atom. The fourth-order valence-electron chi connectivity index (χ4n) is 2.02. The Kier molecular flexibility index (Phi) is 5.21. The lowest BCUT2D eigenvalue weighted by molar-refractivity contribution is -0.137. The fourth-order valence-corrected chi connectivity index (χ4v) is 4.06. The summed E-state index contributed by atoms with van der Waals surface area (Å²) in [6.45, 7) is 0. The van der Waals surface area contributed by atoms with E-state index in [1.807, 2.05) is 24.3 Å². The van der Waals surface area contributed by atoms with Gasteiger partial charge in [-0.2, -0.15) is 13.2 Å². The SMILES string of the molecule is O=C(CSc1nc2ccccc2s1)Nc1cc(C(F)(F)F)ccc1Cl. The zero-order valence-corrected chi connectivity index (χ0v) is 14.8. The summed E-state index contributed by atoms with van der Waals surface area (Å²) in [6.07, 6.45) is -4.50. The highest BCUT2D eigenvalue weighted by atomic mass is 35.5. The minimum Gasteiger partial charge on any atom is -0.324 e. The van der Waals surface area contributed by atoms with E-state index in [0.29, 0.717) is 4.34 Å². The molecule has 3 nitrogen and oxygen atoms in total. The minimum atomic E-state index is -4.50. The van der Waals surface area contributed by atoms with Crippen LogP contribution in [0.5, 0.6) is 0 Å². The number of carbonyl (C=O) groups excluding carboxylic acids is 1. The number of halogens is 4. The third kappa shape index (κ3) is 4.45. The standard InChI is InChI=1S/C16H10ClF3N2OS2/c17-10-6-5-9(16(18,19)20)7-12(10)21-14(23)8-24-15-22-11-3-1-2-4-13(11)25-15/h1-7H,8H2,(H,21,23). The Labute approximate surface area is 154 Å². The number of amides is 1. The van der Waals surface area contributed by atoms with Crippen LogP contribution in [0.25, 0.3) is 10.2 Å². The maximum absolute atomic E-state index is 12.7. The molecule has 9 heteroatoms. The molecule has 0 aliphatic carbocycles. The molecule has 1 aromatic heterocycles. The van der Waals surface area contributed by atoms with Gasteiger partial charge in [0.25, 0.3) is 0 Å². The van der Waals surface area contributed by atoms with E-state index in [4.69, 9.17) is 11.6 Å². The average molecular weight is 403 g/mol. The maximum atomic E-state index is 12.7. The van der Waals surface area contributed by atoms with E-state index in [0.717, 1.165) is 28.4 Å². The highest BCUT2D eigenvalue weighted by molar-refractivity contribution is 8.01. The third-order valence-corrected chi connectivity index (χ3v) is 5.68. The zero-order chi connectivity index (χ0) is 18.0. The lowest BCUT2D eigenvalue weighted by Crippen LogP contribution is -2.15. The number of thioether (sulfide) groups is 1. The van der Waals surface area contributed by atoms with Crippen molar-refractivity contribution in [2.75, 3.05) is 11.1 Å². The summed E-state index contributed by atoms with van der Waals surface area (Å²) >= 11 is 8.53. The molecule has 0 spiro atoms. The van der Waals surface area contributed by atoms with Crippen LogP contribution in [0.2, 0.25) is 5.02 Å². The van der Waals surface area contributed by atoms with Crippen LogP contribution in [0.4, 0.5) is 18.9 Å². The second-order valence-corrected chi connectivity index (χ2v) is 7.64. The number of hydrogen-bond donors (Lipinski definition) is 1. The van der Waals surface area contributed by atoms with Crippen molar-refractivity contribution in [2.45, 2.75) is 10.5 Å². The molecule has 130 valence electrons. The molecule has 0 bridgehead atoms. The largest absolute Gasteiger partial charge is 0.416 e. The zero-order valence-electron chi connectivity index (χ0n) is 12.4.